The van der Waals surface area contributed by atoms with Crippen molar-refractivity contribution in [2.45, 2.75) is 45.4 Å². The normalized spacial score (nSPS) is 25.0. The molecule has 0 heterocycles. The highest BCUT2D eigenvalue weighted by atomic mass is 19.2. The van der Waals surface area contributed by atoms with E-state index in [0.29, 0.717) is 18.4 Å². The van der Waals surface area contributed by atoms with Crippen molar-refractivity contribution in [3.8, 4) is 22.6 Å². The number of ether oxygens (including phenoxy) is 2. The first-order valence-electron chi connectivity index (χ1n) is 11.1. The quantitative estimate of drug-likeness (QED) is 0.429. The third kappa shape index (κ3) is 4.01. The van der Waals surface area contributed by atoms with Gasteiger partial charge in [-0.1, -0.05) is 19.8 Å². The highest BCUT2D eigenvalue weighted by molar-refractivity contribution is 5.67. The summed E-state index contributed by atoms with van der Waals surface area (Å²) in [6.45, 7) is 2.57. The summed E-state index contributed by atoms with van der Waals surface area (Å²) in [5.74, 6) is -3.00. The topological polar surface area (TPSA) is 18.5 Å². The van der Waals surface area contributed by atoms with Crippen molar-refractivity contribution >= 4 is 0 Å². The molecule has 2 aromatic rings. The summed E-state index contributed by atoms with van der Waals surface area (Å²) in [5, 5.41) is 0. The molecule has 0 radical (unpaired) electrons. The van der Waals surface area contributed by atoms with Gasteiger partial charge in [0.25, 0.3) is 0 Å². The molecule has 2 aliphatic carbocycles. The van der Waals surface area contributed by atoms with Crippen LogP contribution in [0.25, 0.3) is 11.1 Å². The molecule has 0 aliphatic heterocycles. The fourth-order valence-electron chi connectivity index (χ4n) is 5.72. The van der Waals surface area contributed by atoms with Crippen LogP contribution < -0.4 is 9.47 Å². The number of halogens is 4. The molecule has 0 saturated heterocycles. The summed E-state index contributed by atoms with van der Waals surface area (Å²) in [7, 11) is 1.20. The average molecular weight is 436 g/mol. The van der Waals surface area contributed by atoms with Crippen LogP contribution in [0.1, 0.15) is 45.4 Å². The van der Waals surface area contributed by atoms with Crippen LogP contribution in [0.15, 0.2) is 24.3 Å². The van der Waals surface area contributed by atoms with Crippen molar-refractivity contribution < 1.29 is 27.0 Å². The highest BCUT2D eigenvalue weighted by Crippen LogP contribution is 2.52. The molecule has 168 valence electrons. The molecule has 4 rings (SSSR count). The van der Waals surface area contributed by atoms with E-state index in [1.807, 2.05) is 0 Å². The zero-order valence-electron chi connectivity index (χ0n) is 17.9. The molecule has 0 spiro atoms. The predicted octanol–water partition coefficient (Wildman–Crippen LogP) is 7.15. The van der Waals surface area contributed by atoms with Gasteiger partial charge in [-0.25, -0.2) is 8.78 Å². The maximum absolute atomic E-state index is 14.7. The van der Waals surface area contributed by atoms with E-state index in [9.17, 15) is 17.6 Å². The van der Waals surface area contributed by atoms with Crippen molar-refractivity contribution in [2.24, 2.45) is 23.7 Å². The lowest BCUT2D eigenvalue weighted by Crippen LogP contribution is -2.19. The molecule has 4 unspecified atom stereocenters. The minimum atomic E-state index is -1.29. The lowest BCUT2D eigenvalue weighted by atomic mass is 9.87. The van der Waals surface area contributed by atoms with Crippen LogP contribution in [0.4, 0.5) is 17.6 Å². The number of rotatable bonds is 7. The first kappa shape index (κ1) is 22.0. The Kier molecular flexibility index (Phi) is 6.44. The molecule has 6 heteroatoms. The molecular weight excluding hydrogens is 408 g/mol. The lowest BCUT2D eigenvalue weighted by molar-refractivity contribution is 0.194. The molecule has 4 atom stereocenters. The van der Waals surface area contributed by atoms with Gasteiger partial charge in [-0.15, -0.1) is 0 Å². The summed E-state index contributed by atoms with van der Waals surface area (Å²) < 4.78 is 68.1. The van der Waals surface area contributed by atoms with Crippen molar-refractivity contribution in [1.29, 1.82) is 0 Å². The second-order valence-corrected chi connectivity index (χ2v) is 8.78. The summed E-state index contributed by atoms with van der Waals surface area (Å²) in [4.78, 5) is 0. The second kappa shape index (κ2) is 9.09. The summed E-state index contributed by atoms with van der Waals surface area (Å²) in [6.07, 6.45) is 7.13. The van der Waals surface area contributed by atoms with Gasteiger partial charge in [0.1, 0.15) is 0 Å². The van der Waals surface area contributed by atoms with Crippen LogP contribution in [-0.2, 0) is 0 Å². The average Bonchev–Trinajstić information content (AvgIpc) is 3.35. The van der Waals surface area contributed by atoms with E-state index < -0.39 is 23.3 Å². The van der Waals surface area contributed by atoms with Gasteiger partial charge >= 0.3 is 0 Å². The number of benzene rings is 2. The van der Waals surface area contributed by atoms with Crippen molar-refractivity contribution in [3.05, 3.63) is 47.5 Å². The van der Waals surface area contributed by atoms with Gasteiger partial charge in [0.2, 0.25) is 11.6 Å². The van der Waals surface area contributed by atoms with Gasteiger partial charge in [0.15, 0.2) is 23.1 Å². The third-order valence-electron chi connectivity index (χ3n) is 7.22. The van der Waals surface area contributed by atoms with E-state index in [2.05, 4.69) is 6.92 Å². The Morgan fingerprint density at radius 1 is 0.742 bits per heavy atom. The Balaban J connectivity index is 1.48. The van der Waals surface area contributed by atoms with E-state index in [1.165, 1.54) is 63.5 Å². The fourth-order valence-corrected chi connectivity index (χ4v) is 5.72. The monoisotopic (exact) mass is 436 g/mol. The summed E-state index contributed by atoms with van der Waals surface area (Å²) in [6, 6.07) is 4.86. The van der Waals surface area contributed by atoms with E-state index in [-0.39, 0.29) is 22.6 Å². The molecule has 2 nitrogen and oxygen atoms in total. The zero-order valence-corrected chi connectivity index (χ0v) is 17.9. The number of hydrogen-bond acceptors (Lipinski definition) is 2. The Labute approximate surface area is 180 Å². The minimum absolute atomic E-state index is 0.192. The SMILES string of the molecule is CCCC1CCC2C(COc3ccc(-c4ccc(OC)c(F)c4F)c(F)c3F)CCC12. The Morgan fingerprint density at radius 3 is 1.90 bits per heavy atom. The van der Waals surface area contributed by atoms with Gasteiger partial charge < -0.3 is 9.47 Å². The van der Waals surface area contributed by atoms with Gasteiger partial charge in [0.05, 0.1) is 13.7 Å². The molecule has 2 aromatic carbocycles. The third-order valence-corrected chi connectivity index (χ3v) is 7.22. The van der Waals surface area contributed by atoms with Crippen LogP contribution in [0.3, 0.4) is 0 Å². The number of methoxy groups -OCH3 is 1. The summed E-state index contributed by atoms with van der Waals surface area (Å²) >= 11 is 0. The number of hydrogen-bond donors (Lipinski definition) is 0. The molecule has 2 fully saturated rings. The van der Waals surface area contributed by atoms with Gasteiger partial charge in [-0.3, -0.25) is 0 Å². The Morgan fingerprint density at radius 2 is 1.29 bits per heavy atom. The van der Waals surface area contributed by atoms with Crippen molar-refractivity contribution in [3.63, 3.8) is 0 Å². The van der Waals surface area contributed by atoms with Crippen LogP contribution in [0.5, 0.6) is 11.5 Å². The molecular formula is C25H28F4O2. The van der Waals surface area contributed by atoms with Crippen LogP contribution >= 0.6 is 0 Å². The molecule has 2 aliphatic rings. The van der Waals surface area contributed by atoms with E-state index in [4.69, 9.17) is 9.47 Å². The van der Waals surface area contributed by atoms with Gasteiger partial charge in [-0.05, 0) is 73.6 Å². The second-order valence-electron chi connectivity index (χ2n) is 8.78. The molecule has 2 saturated carbocycles. The first-order chi connectivity index (χ1) is 15.0. The van der Waals surface area contributed by atoms with E-state index in [0.717, 1.165) is 18.3 Å². The van der Waals surface area contributed by atoms with Crippen LogP contribution in [0, 0.1) is 46.9 Å². The maximum atomic E-state index is 14.7. The van der Waals surface area contributed by atoms with Crippen LogP contribution in [0.2, 0.25) is 0 Å². The molecule has 0 bridgehead atoms. The molecule has 0 N–H and O–H groups in total. The lowest BCUT2D eigenvalue weighted by Gasteiger charge is -2.21. The first-order valence-corrected chi connectivity index (χ1v) is 11.1. The maximum Gasteiger partial charge on any atom is 0.201 e. The number of fused-ring (bicyclic) bond motifs is 1. The zero-order chi connectivity index (χ0) is 22.1. The Bertz CT molecular complexity index is 946. The minimum Gasteiger partial charge on any atom is -0.494 e. The van der Waals surface area contributed by atoms with Crippen LogP contribution in [-0.4, -0.2) is 13.7 Å². The van der Waals surface area contributed by atoms with Crippen molar-refractivity contribution in [2.75, 3.05) is 13.7 Å². The van der Waals surface area contributed by atoms with E-state index in [1.54, 1.807) is 0 Å². The van der Waals surface area contributed by atoms with E-state index >= 15 is 0 Å². The largest absolute Gasteiger partial charge is 0.494 e. The molecule has 31 heavy (non-hydrogen) atoms. The Hall–Kier alpha value is -2.24. The van der Waals surface area contributed by atoms with Crippen molar-refractivity contribution in [1.82, 2.24) is 0 Å². The standard InChI is InChI=1S/C25H28F4O2/c1-3-4-14-5-7-17-15(6-8-16(14)17)13-31-21-12-10-19(23(27)25(21)29)18-9-11-20(30-2)24(28)22(18)26/h9-12,14-17H,3-8,13H2,1-2H3. The fraction of sp³-hybridized carbons (Fsp3) is 0.520. The predicted molar refractivity (Wildman–Crippen MR) is 111 cm³/mol. The summed E-state index contributed by atoms with van der Waals surface area (Å²) in [5.41, 5.74) is -0.726. The van der Waals surface area contributed by atoms with Gasteiger partial charge in [-0.2, -0.15) is 8.78 Å². The smallest absolute Gasteiger partial charge is 0.201 e. The molecule has 0 amide bonds. The molecule has 0 aromatic heterocycles. The van der Waals surface area contributed by atoms with Gasteiger partial charge in [0, 0.05) is 11.1 Å². The highest BCUT2D eigenvalue weighted by Gasteiger charge is 2.44.